The fraction of sp³-hybridized carbons (Fsp3) is 0.529. The Kier molecular flexibility index (Phi) is 5.87. The summed E-state index contributed by atoms with van der Waals surface area (Å²) in [6, 6.07) is 7.59. The van der Waals surface area contributed by atoms with Crippen LogP contribution in [0.4, 0.5) is 4.79 Å². The lowest BCUT2D eigenvalue weighted by molar-refractivity contribution is -0.127. The predicted molar refractivity (Wildman–Crippen MR) is 93.3 cm³/mol. The van der Waals surface area contributed by atoms with Crippen molar-refractivity contribution in [3.05, 3.63) is 34.3 Å². The molecule has 1 aromatic carbocycles. The van der Waals surface area contributed by atoms with Crippen molar-refractivity contribution in [1.29, 1.82) is 0 Å². The summed E-state index contributed by atoms with van der Waals surface area (Å²) in [6.45, 7) is 5.94. The average molecular weight is 399 g/mol. The Morgan fingerprint density at radius 1 is 1.33 bits per heavy atom. The number of benzene rings is 1. The van der Waals surface area contributed by atoms with E-state index in [1.807, 2.05) is 24.3 Å². The van der Waals surface area contributed by atoms with Crippen LogP contribution in [0.1, 0.15) is 26.3 Å². The van der Waals surface area contributed by atoms with Gasteiger partial charge in [0.1, 0.15) is 5.60 Å². The number of aliphatic hydroxyl groups excluding tert-OH is 1. The van der Waals surface area contributed by atoms with Crippen LogP contribution in [0.25, 0.3) is 0 Å². The fourth-order valence-corrected chi connectivity index (χ4v) is 2.90. The first-order valence-electron chi connectivity index (χ1n) is 7.84. The average Bonchev–Trinajstić information content (AvgIpc) is 2.86. The van der Waals surface area contributed by atoms with E-state index < -0.39 is 23.7 Å². The zero-order valence-corrected chi connectivity index (χ0v) is 15.7. The third kappa shape index (κ3) is 4.95. The number of rotatable bonds is 3. The van der Waals surface area contributed by atoms with Gasteiger partial charge >= 0.3 is 6.09 Å². The van der Waals surface area contributed by atoms with Crippen molar-refractivity contribution in [1.82, 2.24) is 10.2 Å². The predicted octanol–water partition coefficient (Wildman–Crippen LogP) is 2.29. The Morgan fingerprint density at radius 3 is 2.62 bits per heavy atom. The molecule has 1 aliphatic rings. The van der Waals surface area contributed by atoms with Crippen molar-refractivity contribution in [3.8, 4) is 0 Å². The highest BCUT2D eigenvalue weighted by Gasteiger charge is 2.40. The summed E-state index contributed by atoms with van der Waals surface area (Å²) >= 11 is 3.43. The second kappa shape index (κ2) is 7.53. The Morgan fingerprint density at radius 2 is 2.00 bits per heavy atom. The molecule has 7 heteroatoms. The number of halogens is 1. The van der Waals surface area contributed by atoms with Crippen LogP contribution in [-0.4, -0.2) is 46.8 Å². The number of β-amino-alcohol motifs (C(OH)–C–C–N with tert-alkyl or cyclic N) is 1. The monoisotopic (exact) mass is 398 g/mol. The van der Waals surface area contributed by atoms with Gasteiger partial charge < -0.3 is 20.1 Å². The highest BCUT2D eigenvalue weighted by molar-refractivity contribution is 9.10. The summed E-state index contributed by atoms with van der Waals surface area (Å²) in [5, 5.41) is 12.9. The first-order chi connectivity index (χ1) is 11.2. The van der Waals surface area contributed by atoms with Gasteiger partial charge in [0, 0.05) is 17.6 Å². The third-order valence-corrected chi connectivity index (χ3v) is 4.46. The van der Waals surface area contributed by atoms with E-state index in [1.165, 1.54) is 4.90 Å². The van der Waals surface area contributed by atoms with Gasteiger partial charge in [-0.2, -0.15) is 0 Å². The van der Waals surface area contributed by atoms with Crippen molar-refractivity contribution in [2.45, 2.75) is 39.0 Å². The minimum Gasteiger partial charge on any atom is -0.444 e. The van der Waals surface area contributed by atoms with Crippen LogP contribution < -0.4 is 5.32 Å². The number of ether oxygens (including phenoxy) is 1. The molecule has 0 radical (unpaired) electrons. The summed E-state index contributed by atoms with van der Waals surface area (Å²) in [7, 11) is 0. The minimum absolute atomic E-state index is 0.0992. The second-order valence-corrected chi connectivity index (χ2v) is 7.72. The van der Waals surface area contributed by atoms with Gasteiger partial charge in [0.2, 0.25) is 5.91 Å². The van der Waals surface area contributed by atoms with Crippen LogP contribution in [0.5, 0.6) is 0 Å². The summed E-state index contributed by atoms with van der Waals surface area (Å²) < 4.78 is 6.19. The molecule has 2 amide bonds. The van der Waals surface area contributed by atoms with Crippen molar-refractivity contribution in [3.63, 3.8) is 0 Å². The van der Waals surface area contributed by atoms with Gasteiger partial charge in [-0.1, -0.05) is 34.1 Å². The fourth-order valence-electron chi connectivity index (χ4n) is 2.48. The van der Waals surface area contributed by atoms with Gasteiger partial charge in [-0.25, -0.2) is 4.79 Å². The molecule has 0 spiro atoms. The third-order valence-electron chi connectivity index (χ3n) is 3.69. The molecule has 6 nitrogen and oxygen atoms in total. The molecule has 1 aliphatic heterocycles. The van der Waals surface area contributed by atoms with Crippen LogP contribution in [0.3, 0.4) is 0 Å². The molecule has 1 fully saturated rings. The van der Waals surface area contributed by atoms with Crippen molar-refractivity contribution in [2.24, 2.45) is 5.92 Å². The van der Waals surface area contributed by atoms with Crippen molar-refractivity contribution < 1.29 is 19.4 Å². The lowest BCUT2D eigenvalue weighted by Crippen LogP contribution is -2.38. The molecule has 1 aromatic rings. The Hall–Kier alpha value is -1.60. The lowest BCUT2D eigenvalue weighted by Gasteiger charge is -2.24. The highest BCUT2D eigenvalue weighted by atomic mass is 79.9. The van der Waals surface area contributed by atoms with Gasteiger partial charge in [-0.15, -0.1) is 0 Å². The molecular weight excluding hydrogens is 376 g/mol. The molecule has 1 heterocycles. The number of amides is 2. The van der Waals surface area contributed by atoms with E-state index in [1.54, 1.807) is 20.8 Å². The molecular formula is C17H23BrN2O4. The van der Waals surface area contributed by atoms with Crippen LogP contribution in [0.15, 0.2) is 28.7 Å². The number of hydrogen-bond acceptors (Lipinski definition) is 4. The molecule has 24 heavy (non-hydrogen) atoms. The number of nitrogens with one attached hydrogen (secondary N) is 1. The zero-order chi connectivity index (χ0) is 17.9. The molecule has 0 bridgehead atoms. The van der Waals surface area contributed by atoms with Crippen LogP contribution in [-0.2, 0) is 16.1 Å². The van der Waals surface area contributed by atoms with Crippen LogP contribution in [0.2, 0.25) is 0 Å². The Balaban J connectivity index is 1.91. The normalized spacial score (nSPS) is 20.8. The van der Waals surface area contributed by atoms with Crippen molar-refractivity contribution in [2.75, 3.05) is 13.1 Å². The van der Waals surface area contributed by atoms with Crippen LogP contribution >= 0.6 is 15.9 Å². The number of nitrogens with zero attached hydrogens (tertiary/aromatic N) is 1. The summed E-state index contributed by atoms with van der Waals surface area (Å²) in [5.41, 5.74) is 0.337. The van der Waals surface area contributed by atoms with E-state index in [9.17, 15) is 14.7 Å². The minimum atomic E-state index is -0.892. The summed E-state index contributed by atoms with van der Waals surface area (Å²) in [4.78, 5) is 25.8. The molecule has 2 rings (SSSR count). The van der Waals surface area contributed by atoms with Gasteiger partial charge in [0.05, 0.1) is 18.6 Å². The Bertz CT molecular complexity index is 615. The number of hydrogen-bond donors (Lipinski definition) is 2. The number of likely N-dealkylation sites (tertiary alicyclic amines) is 1. The van der Waals surface area contributed by atoms with E-state index in [4.69, 9.17) is 4.74 Å². The Labute approximate surface area is 150 Å². The van der Waals surface area contributed by atoms with Gasteiger partial charge in [-0.05, 0) is 32.4 Å². The van der Waals surface area contributed by atoms with E-state index in [0.29, 0.717) is 6.54 Å². The first-order valence-corrected chi connectivity index (χ1v) is 8.64. The number of carbonyl (C=O) groups excluding carboxylic acids is 2. The summed E-state index contributed by atoms with van der Waals surface area (Å²) in [5.74, 6) is -0.927. The van der Waals surface area contributed by atoms with E-state index in [2.05, 4.69) is 21.2 Å². The highest BCUT2D eigenvalue weighted by Crippen LogP contribution is 2.21. The summed E-state index contributed by atoms with van der Waals surface area (Å²) in [6.07, 6.45) is -1.40. The standard InChI is InChI=1S/C17H23BrN2O4/c1-17(2,3)24-16(23)20-9-12(14(21)10-20)15(22)19-8-11-6-4-5-7-13(11)18/h4-7,12,14,21H,8-10H2,1-3H3,(H,19,22)/t12-,14-/m1/s1. The van der Waals surface area contributed by atoms with Crippen molar-refractivity contribution >= 4 is 27.9 Å². The smallest absolute Gasteiger partial charge is 0.410 e. The number of carbonyl (C=O) groups is 2. The first kappa shape index (κ1) is 18.7. The van der Waals surface area contributed by atoms with E-state index >= 15 is 0 Å². The van der Waals surface area contributed by atoms with Gasteiger partial charge in [0.25, 0.3) is 0 Å². The van der Waals surface area contributed by atoms with E-state index in [-0.39, 0.29) is 19.0 Å². The van der Waals surface area contributed by atoms with Crippen LogP contribution in [0, 0.1) is 5.92 Å². The molecule has 0 saturated carbocycles. The van der Waals surface area contributed by atoms with E-state index in [0.717, 1.165) is 10.0 Å². The lowest BCUT2D eigenvalue weighted by atomic mass is 10.1. The van der Waals surface area contributed by atoms with Gasteiger partial charge in [0.15, 0.2) is 0 Å². The molecule has 0 aliphatic carbocycles. The maximum Gasteiger partial charge on any atom is 0.410 e. The topological polar surface area (TPSA) is 78.9 Å². The largest absolute Gasteiger partial charge is 0.444 e. The molecule has 2 N–H and O–H groups in total. The molecule has 1 saturated heterocycles. The molecule has 0 aromatic heterocycles. The maximum absolute atomic E-state index is 12.3. The number of aliphatic hydroxyl groups is 1. The van der Waals surface area contributed by atoms with Gasteiger partial charge in [-0.3, -0.25) is 4.79 Å². The zero-order valence-electron chi connectivity index (χ0n) is 14.1. The quantitative estimate of drug-likeness (QED) is 0.818. The molecule has 0 unspecified atom stereocenters. The second-order valence-electron chi connectivity index (χ2n) is 6.87. The molecule has 132 valence electrons. The SMILES string of the molecule is CC(C)(C)OC(=O)N1C[C@@H](O)[C@H](C(=O)NCc2ccccc2Br)C1. The maximum atomic E-state index is 12.3. The molecule has 2 atom stereocenters.